The lowest BCUT2D eigenvalue weighted by Gasteiger charge is -2.13. The molecule has 0 saturated carbocycles. The van der Waals surface area contributed by atoms with Crippen LogP contribution < -0.4 is 10.0 Å². The fourth-order valence-electron chi connectivity index (χ4n) is 2.52. The molecule has 0 aliphatic heterocycles. The summed E-state index contributed by atoms with van der Waals surface area (Å²) >= 11 is 5.67. The molecule has 8 heteroatoms. The molecular formula is C19H17ClN2O4S. The van der Waals surface area contributed by atoms with Gasteiger partial charge in [-0.25, -0.2) is 8.42 Å². The first-order valence-electron chi connectivity index (χ1n) is 8.01. The predicted octanol–water partition coefficient (Wildman–Crippen LogP) is 4.60. The Kier molecular flexibility index (Phi) is 5.25. The van der Waals surface area contributed by atoms with Crippen LogP contribution in [0.3, 0.4) is 0 Å². The standard InChI is InChI=1S/C19H17ClN2O4S/c1-12-4-3-5-15(10-12)22-27(24,25)17-11-14(7-6-13(17)2)21-19(23)16-8-9-18(20)26-16/h3-11,22H,1-2H3,(H,21,23). The fourth-order valence-corrected chi connectivity index (χ4v) is 3.98. The minimum absolute atomic E-state index is 0.0304. The molecule has 0 bridgehead atoms. The maximum absolute atomic E-state index is 12.8. The molecular weight excluding hydrogens is 388 g/mol. The molecule has 1 amide bonds. The van der Waals surface area contributed by atoms with Crippen LogP contribution in [0, 0.1) is 13.8 Å². The Morgan fingerprint density at radius 3 is 2.44 bits per heavy atom. The van der Waals surface area contributed by atoms with Crippen molar-refractivity contribution in [1.82, 2.24) is 0 Å². The number of carbonyl (C=O) groups excluding carboxylic acids is 1. The zero-order chi connectivity index (χ0) is 19.6. The maximum Gasteiger partial charge on any atom is 0.291 e. The summed E-state index contributed by atoms with van der Waals surface area (Å²) in [5.74, 6) is -0.497. The summed E-state index contributed by atoms with van der Waals surface area (Å²) in [5, 5.41) is 2.69. The lowest BCUT2D eigenvalue weighted by molar-refractivity contribution is 0.0996. The van der Waals surface area contributed by atoms with E-state index in [1.54, 1.807) is 37.3 Å². The number of sulfonamides is 1. The summed E-state index contributed by atoms with van der Waals surface area (Å²) in [5.41, 5.74) is 2.27. The molecule has 1 aromatic heterocycles. The minimum Gasteiger partial charge on any atom is -0.440 e. The molecule has 27 heavy (non-hydrogen) atoms. The van der Waals surface area contributed by atoms with Gasteiger partial charge in [-0.05, 0) is 73.0 Å². The summed E-state index contributed by atoms with van der Waals surface area (Å²) in [4.78, 5) is 12.2. The van der Waals surface area contributed by atoms with Crippen LogP contribution in [0.2, 0.25) is 5.22 Å². The van der Waals surface area contributed by atoms with Gasteiger partial charge in [-0.3, -0.25) is 9.52 Å². The number of nitrogens with one attached hydrogen (secondary N) is 2. The van der Waals surface area contributed by atoms with Gasteiger partial charge in [0.15, 0.2) is 11.0 Å². The van der Waals surface area contributed by atoms with Gasteiger partial charge >= 0.3 is 0 Å². The van der Waals surface area contributed by atoms with Crippen LogP contribution in [-0.4, -0.2) is 14.3 Å². The van der Waals surface area contributed by atoms with E-state index in [1.807, 2.05) is 13.0 Å². The topological polar surface area (TPSA) is 88.4 Å². The van der Waals surface area contributed by atoms with Crippen LogP contribution in [0.1, 0.15) is 21.7 Å². The van der Waals surface area contributed by atoms with Crippen LogP contribution in [0.15, 0.2) is 63.9 Å². The second kappa shape index (κ2) is 7.46. The van der Waals surface area contributed by atoms with Crippen molar-refractivity contribution in [1.29, 1.82) is 0 Å². The van der Waals surface area contributed by atoms with Gasteiger partial charge in [0.2, 0.25) is 0 Å². The van der Waals surface area contributed by atoms with Gasteiger partial charge in [0.05, 0.1) is 4.90 Å². The molecule has 1 heterocycles. The Balaban J connectivity index is 1.87. The third-order valence-electron chi connectivity index (χ3n) is 3.80. The van der Waals surface area contributed by atoms with E-state index in [9.17, 15) is 13.2 Å². The molecule has 2 aromatic carbocycles. The van der Waals surface area contributed by atoms with Crippen molar-refractivity contribution >= 4 is 38.9 Å². The quantitative estimate of drug-likeness (QED) is 0.650. The van der Waals surface area contributed by atoms with E-state index in [0.29, 0.717) is 16.9 Å². The Morgan fingerprint density at radius 1 is 1.00 bits per heavy atom. The number of rotatable bonds is 5. The molecule has 3 aromatic rings. The van der Waals surface area contributed by atoms with Crippen molar-refractivity contribution in [3.05, 3.63) is 76.7 Å². The number of aryl methyl sites for hydroxylation is 2. The molecule has 6 nitrogen and oxygen atoms in total. The first-order valence-corrected chi connectivity index (χ1v) is 9.87. The maximum atomic E-state index is 12.8. The third-order valence-corrected chi connectivity index (χ3v) is 5.53. The normalized spacial score (nSPS) is 11.2. The number of carbonyl (C=O) groups is 1. The molecule has 0 saturated heterocycles. The predicted molar refractivity (Wildman–Crippen MR) is 105 cm³/mol. The van der Waals surface area contributed by atoms with Gasteiger partial charge in [-0.1, -0.05) is 18.2 Å². The smallest absolute Gasteiger partial charge is 0.291 e. The number of furan rings is 1. The molecule has 0 unspecified atom stereocenters. The third kappa shape index (κ3) is 4.50. The van der Waals surface area contributed by atoms with Crippen molar-refractivity contribution in [2.45, 2.75) is 18.7 Å². The van der Waals surface area contributed by atoms with E-state index in [-0.39, 0.29) is 15.9 Å². The van der Waals surface area contributed by atoms with Gasteiger partial charge in [-0.2, -0.15) is 0 Å². The molecule has 0 atom stereocenters. The minimum atomic E-state index is -3.83. The highest BCUT2D eigenvalue weighted by Gasteiger charge is 2.19. The van der Waals surface area contributed by atoms with Crippen LogP contribution >= 0.6 is 11.6 Å². The van der Waals surface area contributed by atoms with Gasteiger partial charge in [-0.15, -0.1) is 0 Å². The average molecular weight is 405 g/mol. The lowest BCUT2D eigenvalue weighted by Crippen LogP contribution is -2.16. The summed E-state index contributed by atoms with van der Waals surface area (Å²) in [6, 6.07) is 14.6. The van der Waals surface area contributed by atoms with E-state index >= 15 is 0 Å². The second-order valence-corrected chi connectivity index (χ2v) is 8.04. The zero-order valence-corrected chi connectivity index (χ0v) is 16.2. The fraction of sp³-hybridized carbons (Fsp3) is 0.105. The number of halogens is 1. The van der Waals surface area contributed by atoms with Gasteiger partial charge in [0, 0.05) is 11.4 Å². The molecule has 0 radical (unpaired) electrons. The highest BCUT2D eigenvalue weighted by atomic mass is 35.5. The molecule has 3 rings (SSSR count). The highest BCUT2D eigenvalue weighted by molar-refractivity contribution is 7.92. The van der Waals surface area contributed by atoms with E-state index in [0.717, 1.165) is 5.56 Å². The van der Waals surface area contributed by atoms with Crippen LogP contribution in [0.5, 0.6) is 0 Å². The van der Waals surface area contributed by atoms with E-state index in [1.165, 1.54) is 18.2 Å². The van der Waals surface area contributed by atoms with Gasteiger partial charge in [0.25, 0.3) is 15.9 Å². The molecule has 140 valence electrons. The Morgan fingerprint density at radius 2 is 1.78 bits per heavy atom. The SMILES string of the molecule is Cc1cccc(NS(=O)(=O)c2cc(NC(=O)c3ccc(Cl)o3)ccc2C)c1. The van der Waals surface area contributed by atoms with E-state index in [4.69, 9.17) is 16.0 Å². The number of anilines is 2. The zero-order valence-electron chi connectivity index (χ0n) is 14.6. The summed E-state index contributed by atoms with van der Waals surface area (Å²) < 4.78 is 33.2. The summed E-state index contributed by atoms with van der Waals surface area (Å²) in [7, 11) is -3.83. The number of hydrogen-bond donors (Lipinski definition) is 2. The van der Waals surface area contributed by atoms with Crippen molar-refractivity contribution in [3.8, 4) is 0 Å². The largest absolute Gasteiger partial charge is 0.440 e. The van der Waals surface area contributed by atoms with E-state index in [2.05, 4.69) is 10.0 Å². The number of hydrogen-bond acceptors (Lipinski definition) is 4. The van der Waals surface area contributed by atoms with Crippen molar-refractivity contribution in [2.75, 3.05) is 10.0 Å². The van der Waals surface area contributed by atoms with Crippen molar-refractivity contribution in [2.24, 2.45) is 0 Å². The second-order valence-electron chi connectivity index (χ2n) is 6.01. The van der Waals surface area contributed by atoms with Crippen LogP contribution in [0.4, 0.5) is 11.4 Å². The van der Waals surface area contributed by atoms with E-state index < -0.39 is 15.9 Å². The molecule has 2 N–H and O–H groups in total. The highest BCUT2D eigenvalue weighted by Crippen LogP contribution is 2.24. The first-order chi connectivity index (χ1) is 12.7. The number of benzene rings is 2. The Hall–Kier alpha value is -2.77. The summed E-state index contributed by atoms with van der Waals surface area (Å²) in [6.45, 7) is 3.56. The molecule has 0 aliphatic carbocycles. The molecule has 0 spiro atoms. The summed E-state index contributed by atoms with van der Waals surface area (Å²) in [6.07, 6.45) is 0. The van der Waals surface area contributed by atoms with Crippen LogP contribution in [-0.2, 0) is 10.0 Å². The van der Waals surface area contributed by atoms with Crippen molar-refractivity contribution < 1.29 is 17.6 Å². The molecule has 0 fully saturated rings. The van der Waals surface area contributed by atoms with Gasteiger partial charge in [0.1, 0.15) is 0 Å². The lowest BCUT2D eigenvalue weighted by atomic mass is 10.2. The Bertz CT molecular complexity index is 1110. The van der Waals surface area contributed by atoms with Gasteiger partial charge < -0.3 is 9.73 Å². The average Bonchev–Trinajstić information content (AvgIpc) is 3.02. The number of amides is 1. The monoisotopic (exact) mass is 404 g/mol. The molecule has 0 aliphatic rings. The first kappa shape index (κ1) is 19.0. The van der Waals surface area contributed by atoms with Crippen molar-refractivity contribution in [3.63, 3.8) is 0 Å². The van der Waals surface area contributed by atoms with Crippen LogP contribution in [0.25, 0.3) is 0 Å². The Labute approximate surface area is 162 Å².